The van der Waals surface area contributed by atoms with Gasteiger partial charge >= 0.3 is 12.1 Å². The molecular weight excluding hydrogens is 301 g/mol. The molecule has 0 aromatic carbocycles. The molecule has 0 bridgehead atoms. The van der Waals surface area contributed by atoms with Gasteiger partial charge in [-0.05, 0) is 19.9 Å². The number of nitrogens with zero attached hydrogens (tertiary/aromatic N) is 4. The van der Waals surface area contributed by atoms with E-state index >= 15 is 0 Å². The summed E-state index contributed by atoms with van der Waals surface area (Å²) in [6.07, 6.45) is -4.86. The molecule has 22 heavy (non-hydrogen) atoms. The number of esters is 1. The number of hydrogen-bond acceptors (Lipinski definition) is 4. The fraction of sp³-hybridized carbons (Fsp3) is 0.462. The van der Waals surface area contributed by atoms with Gasteiger partial charge in [-0.1, -0.05) is 0 Å². The van der Waals surface area contributed by atoms with Crippen LogP contribution in [0.1, 0.15) is 22.8 Å². The van der Waals surface area contributed by atoms with Gasteiger partial charge in [0.05, 0.1) is 12.1 Å². The molecule has 120 valence electrons. The number of hydrogen-bond donors (Lipinski definition) is 0. The van der Waals surface area contributed by atoms with Crippen LogP contribution >= 0.6 is 0 Å². The Labute approximate surface area is 124 Å². The monoisotopic (exact) mass is 316 g/mol. The van der Waals surface area contributed by atoms with Crippen LogP contribution in [-0.2, 0) is 31.5 Å². The number of carbonyl (C=O) groups excluding carboxylic acids is 1. The van der Waals surface area contributed by atoms with Crippen LogP contribution in [0.2, 0.25) is 0 Å². The lowest BCUT2D eigenvalue weighted by Gasteiger charge is -2.05. The highest BCUT2D eigenvalue weighted by Gasteiger charge is 2.34. The third-order valence-corrected chi connectivity index (χ3v) is 3.25. The van der Waals surface area contributed by atoms with Gasteiger partial charge in [0, 0.05) is 19.8 Å². The molecule has 9 heteroatoms. The standard InChI is InChI=1S/C13H15F3N4O2/c1-7-12(8(2)19(3)17-7)22-11(21)6-9-5-10(13(14,15)16)18-20(9)4/h5H,6H2,1-4H3. The zero-order valence-corrected chi connectivity index (χ0v) is 12.5. The Morgan fingerprint density at radius 3 is 2.32 bits per heavy atom. The van der Waals surface area contributed by atoms with Gasteiger partial charge in [-0.15, -0.1) is 0 Å². The minimum atomic E-state index is -4.55. The summed E-state index contributed by atoms with van der Waals surface area (Å²) in [6, 6.07) is 0.838. The van der Waals surface area contributed by atoms with Crippen LogP contribution in [0.15, 0.2) is 6.07 Å². The van der Waals surface area contributed by atoms with Crippen molar-refractivity contribution in [2.75, 3.05) is 0 Å². The summed E-state index contributed by atoms with van der Waals surface area (Å²) in [4.78, 5) is 11.9. The van der Waals surface area contributed by atoms with Crippen molar-refractivity contribution in [1.82, 2.24) is 19.6 Å². The van der Waals surface area contributed by atoms with Crippen molar-refractivity contribution < 1.29 is 22.7 Å². The molecule has 0 radical (unpaired) electrons. The van der Waals surface area contributed by atoms with Crippen molar-refractivity contribution in [2.45, 2.75) is 26.4 Å². The molecule has 0 aliphatic rings. The van der Waals surface area contributed by atoms with Gasteiger partial charge < -0.3 is 4.74 Å². The molecule has 2 aromatic rings. The predicted octanol–water partition coefficient (Wildman–Crippen LogP) is 1.94. The number of ether oxygens (including phenoxy) is 1. The fourth-order valence-corrected chi connectivity index (χ4v) is 2.01. The lowest BCUT2D eigenvalue weighted by Crippen LogP contribution is -2.14. The second kappa shape index (κ2) is 5.47. The summed E-state index contributed by atoms with van der Waals surface area (Å²) in [5.41, 5.74) is 0.282. The Balaban J connectivity index is 2.14. The van der Waals surface area contributed by atoms with Crippen LogP contribution in [0.4, 0.5) is 13.2 Å². The van der Waals surface area contributed by atoms with E-state index in [-0.39, 0.29) is 12.1 Å². The lowest BCUT2D eigenvalue weighted by atomic mass is 10.2. The third kappa shape index (κ3) is 3.12. The smallest absolute Gasteiger partial charge is 0.422 e. The largest absolute Gasteiger partial charge is 0.435 e. The Bertz CT molecular complexity index is 716. The van der Waals surface area contributed by atoms with Crippen molar-refractivity contribution in [3.8, 4) is 5.75 Å². The maximum Gasteiger partial charge on any atom is 0.435 e. The van der Waals surface area contributed by atoms with Crippen LogP contribution in [-0.4, -0.2) is 25.5 Å². The Kier molecular flexibility index (Phi) is 3.99. The minimum Gasteiger partial charge on any atom is -0.422 e. The van der Waals surface area contributed by atoms with Gasteiger partial charge in [-0.25, -0.2) is 0 Å². The Morgan fingerprint density at radius 2 is 1.86 bits per heavy atom. The first-order chi connectivity index (χ1) is 10.1. The second-order valence-corrected chi connectivity index (χ2v) is 4.92. The van der Waals surface area contributed by atoms with E-state index in [4.69, 9.17) is 4.74 Å². The molecule has 0 saturated carbocycles. The number of rotatable bonds is 3. The first-order valence-electron chi connectivity index (χ1n) is 6.40. The lowest BCUT2D eigenvalue weighted by molar-refractivity contribution is -0.141. The van der Waals surface area contributed by atoms with Crippen molar-refractivity contribution in [3.05, 3.63) is 28.8 Å². The maximum absolute atomic E-state index is 12.6. The molecule has 0 amide bonds. The molecule has 2 heterocycles. The molecule has 2 aromatic heterocycles. The van der Waals surface area contributed by atoms with E-state index in [1.807, 2.05) is 0 Å². The molecular formula is C13H15F3N4O2. The fourth-order valence-electron chi connectivity index (χ4n) is 2.01. The summed E-state index contributed by atoms with van der Waals surface area (Å²) in [5, 5.41) is 7.45. The number of aromatic nitrogens is 4. The van der Waals surface area contributed by atoms with Gasteiger partial charge in [0.15, 0.2) is 11.4 Å². The molecule has 0 saturated heterocycles. The minimum absolute atomic E-state index is 0.122. The highest BCUT2D eigenvalue weighted by Crippen LogP contribution is 2.28. The first kappa shape index (κ1) is 16.1. The van der Waals surface area contributed by atoms with E-state index in [1.54, 1.807) is 25.6 Å². The van der Waals surface area contributed by atoms with E-state index in [1.165, 1.54) is 7.05 Å². The molecule has 0 aliphatic heterocycles. The van der Waals surface area contributed by atoms with Gasteiger partial charge in [0.1, 0.15) is 5.69 Å². The van der Waals surface area contributed by atoms with Crippen LogP contribution in [0, 0.1) is 13.8 Å². The zero-order valence-electron chi connectivity index (χ0n) is 12.5. The molecule has 6 nitrogen and oxygen atoms in total. The maximum atomic E-state index is 12.6. The van der Waals surface area contributed by atoms with Crippen molar-refractivity contribution in [1.29, 1.82) is 0 Å². The summed E-state index contributed by atoms with van der Waals surface area (Å²) in [5.74, 6) is -0.346. The van der Waals surface area contributed by atoms with Gasteiger partial charge in [0.25, 0.3) is 0 Å². The predicted molar refractivity (Wildman–Crippen MR) is 70.2 cm³/mol. The molecule has 2 rings (SSSR count). The molecule has 0 atom stereocenters. The SMILES string of the molecule is Cc1nn(C)c(C)c1OC(=O)Cc1cc(C(F)(F)F)nn1C. The van der Waals surface area contributed by atoms with Gasteiger partial charge in [0.2, 0.25) is 0 Å². The Morgan fingerprint density at radius 1 is 1.23 bits per heavy atom. The molecule has 0 fully saturated rings. The third-order valence-electron chi connectivity index (χ3n) is 3.25. The molecule has 0 aliphatic carbocycles. The van der Waals surface area contributed by atoms with Crippen molar-refractivity contribution in [3.63, 3.8) is 0 Å². The van der Waals surface area contributed by atoms with Crippen molar-refractivity contribution >= 4 is 5.97 Å². The average Bonchev–Trinajstić information content (AvgIpc) is 2.85. The van der Waals surface area contributed by atoms with Crippen LogP contribution in [0.5, 0.6) is 5.75 Å². The highest BCUT2D eigenvalue weighted by atomic mass is 19.4. The van der Waals surface area contributed by atoms with E-state index in [0.29, 0.717) is 17.1 Å². The molecule has 0 N–H and O–H groups in total. The Hall–Kier alpha value is -2.32. The number of aryl methyl sites for hydroxylation is 3. The quantitative estimate of drug-likeness (QED) is 0.812. The van der Waals surface area contributed by atoms with Crippen LogP contribution in [0.3, 0.4) is 0 Å². The second-order valence-electron chi connectivity index (χ2n) is 4.92. The van der Waals surface area contributed by atoms with E-state index < -0.39 is 17.8 Å². The number of alkyl halides is 3. The molecule has 0 spiro atoms. The molecule has 0 unspecified atom stereocenters. The van der Waals surface area contributed by atoms with Crippen molar-refractivity contribution in [2.24, 2.45) is 14.1 Å². The first-order valence-corrected chi connectivity index (χ1v) is 6.40. The number of halogens is 3. The number of carbonyl (C=O) groups is 1. The normalized spacial score (nSPS) is 11.8. The van der Waals surface area contributed by atoms with E-state index in [9.17, 15) is 18.0 Å². The average molecular weight is 316 g/mol. The van der Waals surface area contributed by atoms with E-state index in [0.717, 1.165) is 10.7 Å². The highest BCUT2D eigenvalue weighted by molar-refractivity contribution is 5.75. The topological polar surface area (TPSA) is 61.9 Å². The zero-order chi connectivity index (χ0) is 16.7. The van der Waals surface area contributed by atoms with Gasteiger partial charge in [-0.3, -0.25) is 14.2 Å². The van der Waals surface area contributed by atoms with E-state index in [2.05, 4.69) is 10.2 Å². The van der Waals surface area contributed by atoms with Crippen LogP contribution in [0.25, 0.3) is 0 Å². The summed E-state index contributed by atoms with van der Waals surface area (Å²) < 4.78 is 45.5. The van der Waals surface area contributed by atoms with Gasteiger partial charge in [-0.2, -0.15) is 23.4 Å². The summed E-state index contributed by atoms with van der Waals surface area (Å²) in [6.45, 7) is 3.41. The summed E-state index contributed by atoms with van der Waals surface area (Å²) >= 11 is 0. The van der Waals surface area contributed by atoms with Crippen LogP contribution < -0.4 is 4.74 Å². The summed E-state index contributed by atoms with van der Waals surface area (Å²) in [7, 11) is 3.05.